The van der Waals surface area contributed by atoms with Crippen molar-refractivity contribution in [3.8, 4) is 0 Å². The molecule has 0 N–H and O–H groups in total. The molecule has 2 aromatic rings. The molecule has 0 spiro atoms. The molecule has 25 heavy (non-hydrogen) atoms. The number of halogens is 3. The van der Waals surface area contributed by atoms with Gasteiger partial charge in [-0.2, -0.15) is 5.10 Å². The minimum absolute atomic E-state index is 0.0299. The van der Waals surface area contributed by atoms with Crippen LogP contribution < -0.4 is 0 Å². The number of carbonyl (C=O) groups excluding carboxylic acids is 1. The van der Waals surface area contributed by atoms with Crippen LogP contribution in [0, 0.1) is 12.7 Å². The lowest BCUT2D eigenvalue weighted by atomic mass is 10.2. The second-order valence-electron chi connectivity index (χ2n) is 6.13. The van der Waals surface area contributed by atoms with Crippen molar-refractivity contribution in [2.45, 2.75) is 20.0 Å². The lowest BCUT2D eigenvalue weighted by Crippen LogP contribution is -2.49. The molecule has 1 saturated heterocycles. The van der Waals surface area contributed by atoms with Crippen LogP contribution in [-0.4, -0.2) is 51.7 Å². The van der Waals surface area contributed by atoms with Crippen LogP contribution in [0.3, 0.4) is 0 Å². The van der Waals surface area contributed by atoms with E-state index in [1.54, 1.807) is 16.9 Å². The molecule has 8 heteroatoms. The number of aromatic nitrogens is 2. The minimum atomic E-state index is -0.335. The molecule has 5 nitrogen and oxygen atoms in total. The van der Waals surface area contributed by atoms with Gasteiger partial charge in [-0.1, -0.05) is 29.3 Å². The standard InChI is InChI=1S/C17H19Cl2FN4O/c1-12-16(19)9-21-24(12)11-17(25)23-6-4-22(5-7-23)10-13-2-3-14(20)8-15(13)18/h2-3,8-9H,4-7,10-11H2,1H3. The Morgan fingerprint density at radius 3 is 2.52 bits per heavy atom. The number of hydrogen-bond acceptors (Lipinski definition) is 3. The normalized spacial score (nSPS) is 15.6. The summed E-state index contributed by atoms with van der Waals surface area (Å²) in [4.78, 5) is 16.5. The smallest absolute Gasteiger partial charge is 0.244 e. The van der Waals surface area contributed by atoms with Gasteiger partial charge in [0.25, 0.3) is 0 Å². The fourth-order valence-corrected chi connectivity index (χ4v) is 3.23. The van der Waals surface area contributed by atoms with Gasteiger partial charge in [-0.15, -0.1) is 0 Å². The second kappa shape index (κ2) is 7.72. The zero-order chi connectivity index (χ0) is 18.0. The van der Waals surface area contributed by atoms with Gasteiger partial charge in [-0.3, -0.25) is 14.4 Å². The maximum atomic E-state index is 13.1. The number of piperazine rings is 1. The zero-order valence-electron chi connectivity index (χ0n) is 13.9. The number of benzene rings is 1. The van der Waals surface area contributed by atoms with Gasteiger partial charge >= 0.3 is 0 Å². The van der Waals surface area contributed by atoms with Gasteiger partial charge < -0.3 is 4.90 Å². The average molecular weight is 385 g/mol. The van der Waals surface area contributed by atoms with Crippen LogP contribution in [-0.2, 0) is 17.9 Å². The predicted octanol–water partition coefficient (Wildman–Crippen LogP) is 2.98. The SMILES string of the molecule is Cc1c(Cl)cnn1CC(=O)N1CCN(Cc2ccc(F)cc2Cl)CC1. The Labute approximate surface area is 155 Å². The first-order valence-electron chi connectivity index (χ1n) is 8.06. The molecule has 1 aromatic heterocycles. The quantitative estimate of drug-likeness (QED) is 0.813. The first-order chi connectivity index (χ1) is 11.9. The highest BCUT2D eigenvalue weighted by atomic mass is 35.5. The van der Waals surface area contributed by atoms with E-state index >= 15 is 0 Å². The molecule has 1 fully saturated rings. The van der Waals surface area contributed by atoms with E-state index in [2.05, 4.69) is 10.00 Å². The second-order valence-corrected chi connectivity index (χ2v) is 6.94. The molecular weight excluding hydrogens is 366 g/mol. The summed E-state index contributed by atoms with van der Waals surface area (Å²) in [5.41, 5.74) is 1.68. The third kappa shape index (κ3) is 4.32. The Morgan fingerprint density at radius 2 is 1.92 bits per heavy atom. The van der Waals surface area contributed by atoms with Crippen molar-refractivity contribution in [3.63, 3.8) is 0 Å². The van der Waals surface area contributed by atoms with Crippen molar-refractivity contribution in [3.05, 3.63) is 51.5 Å². The van der Waals surface area contributed by atoms with E-state index in [0.29, 0.717) is 29.7 Å². The third-order valence-corrected chi connectivity index (χ3v) is 5.19. The van der Waals surface area contributed by atoms with Gasteiger partial charge in [0.2, 0.25) is 5.91 Å². The first-order valence-corrected chi connectivity index (χ1v) is 8.81. The highest BCUT2D eigenvalue weighted by Crippen LogP contribution is 2.20. The van der Waals surface area contributed by atoms with Gasteiger partial charge in [0.1, 0.15) is 12.4 Å². The van der Waals surface area contributed by atoms with Gasteiger partial charge in [0.15, 0.2) is 0 Å². The van der Waals surface area contributed by atoms with Crippen LogP contribution in [0.25, 0.3) is 0 Å². The number of nitrogens with zero attached hydrogens (tertiary/aromatic N) is 4. The number of rotatable bonds is 4. The molecule has 0 unspecified atom stereocenters. The van der Waals surface area contributed by atoms with Crippen molar-refractivity contribution in [2.24, 2.45) is 0 Å². The molecule has 0 aliphatic carbocycles. The fraction of sp³-hybridized carbons (Fsp3) is 0.412. The molecule has 1 amide bonds. The third-order valence-electron chi connectivity index (χ3n) is 4.46. The fourth-order valence-electron chi connectivity index (χ4n) is 2.86. The van der Waals surface area contributed by atoms with Gasteiger partial charge in [0.05, 0.1) is 16.9 Å². The Bertz CT molecular complexity index is 772. The maximum absolute atomic E-state index is 13.1. The van der Waals surface area contributed by atoms with Gasteiger partial charge in [-0.05, 0) is 24.6 Å². The summed E-state index contributed by atoms with van der Waals surface area (Å²) >= 11 is 12.1. The average Bonchev–Trinajstić information content (AvgIpc) is 2.90. The summed E-state index contributed by atoms with van der Waals surface area (Å²) in [6, 6.07) is 4.45. The molecule has 0 radical (unpaired) electrons. The van der Waals surface area contributed by atoms with Crippen molar-refractivity contribution in [2.75, 3.05) is 26.2 Å². The summed E-state index contributed by atoms with van der Waals surface area (Å²) in [5.74, 6) is -0.305. The Hall–Kier alpha value is -1.63. The van der Waals surface area contributed by atoms with Crippen LogP contribution in [0.1, 0.15) is 11.3 Å². The maximum Gasteiger partial charge on any atom is 0.244 e. The van der Waals surface area contributed by atoms with E-state index in [4.69, 9.17) is 23.2 Å². The summed E-state index contributed by atoms with van der Waals surface area (Å²) in [6.45, 7) is 5.47. The van der Waals surface area contributed by atoms with Crippen molar-refractivity contribution in [1.29, 1.82) is 0 Å². The van der Waals surface area contributed by atoms with Gasteiger partial charge in [-0.25, -0.2) is 4.39 Å². The van der Waals surface area contributed by atoms with E-state index in [-0.39, 0.29) is 18.3 Å². The zero-order valence-corrected chi connectivity index (χ0v) is 15.4. The summed E-state index contributed by atoms with van der Waals surface area (Å²) < 4.78 is 14.7. The molecule has 1 aliphatic heterocycles. The first kappa shape index (κ1) is 18.2. The summed E-state index contributed by atoms with van der Waals surface area (Å²) in [6.07, 6.45) is 1.55. The number of amides is 1. The van der Waals surface area contributed by atoms with Crippen LogP contribution in [0.2, 0.25) is 10.0 Å². The van der Waals surface area contributed by atoms with E-state index in [0.717, 1.165) is 24.3 Å². The predicted molar refractivity (Wildman–Crippen MR) is 95.2 cm³/mol. The van der Waals surface area contributed by atoms with Gasteiger partial charge in [0, 0.05) is 37.7 Å². The Morgan fingerprint density at radius 1 is 1.20 bits per heavy atom. The molecule has 2 heterocycles. The lowest BCUT2D eigenvalue weighted by molar-refractivity contribution is -0.133. The largest absolute Gasteiger partial charge is 0.339 e. The summed E-state index contributed by atoms with van der Waals surface area (Å²) in [5, 5.41) is 5.12. The van der Waals surface area contributed by atoms with Crippen LogP contribution in [0.5, 0.6) is 0 Å². The van der Waals surface area contributed by atoms with E-state index in [1.807, 2.05) is 11.8 Å². The summed E-state index contributed by atoms with van der Waals surface area (Å²) in [7, 11) is 0. The topological polar surface area (TPSA) is 41.4 Å². The monoisotopic (exact) mass is 384 g/mol. The molecule has 0 atom stereocenters. The lowest BCUT2D eigenvalue weighted by Gasteiger charge is -2.35. The molecule has 3 rings (SSSR count). The highest BCUT2D eigenvalue weighted by molar-refractivity contribution is 6.31. The van der Waals surface area contributed by atoms with Crippen LogP contribution in [0.4, 0.5) is 4.39 Å². The minimum Gasteiger partial charge on any atom is -0.339 e. The molecular formula is C17H19Cl2FN4O. The van der Waals surface area contributed by atoms with E-state index in [9.17, 15) is 9.18 Å². The highest BCUT2D eigenvalue weighted by Gasteiger charge is 2.22. The molecule has 0 bridgehead atoms. The van der Waals surface area contributed by atoms with Crippen molar-refractivity contribution in [1.82, 2.24) is 19.6 Å². The van der Waals surface area contributed by atoms with Crippen molar-refractivity contribution < 1.29 is 9.18 Å². The molecule has 1 aromatic carbocycles. The Balaban J connectivity index is 1.53. The molecule has 0 saturated carbocycles. The molecule has 134 valence electrons. The Kier molecular flexibility index (Phi) is 5.61. The molecule has 1 aliphatic rings. The number of carbonyl (C=O) groups is 1. The van der Waals surface area contributed by atoms with Crippen LogP contribution >= 0.6 is 23.2 Å². The van der Waals surface area contributed by atoms with E-state index in [1.165, 1.54) is 12.1 Å². The number of hydrogen-bond donors (Lipinski definition) is 0. The van der Waals surface area contributed by atoms with Crippen molar-refractivity contribution >= 4 is 29.1 Å². The van der Waals surface area contributed by atoms with Crippen LogP contribution in [0.15, 0.2) is 24.4 Å². The van der Waals surface area contributed by atoms with E-state index < -0.39 is 0 Å².